The molecule has 0 spiro atoms. The molecular weight excluding hydrogens is 436 g/mol. The number of nitrogens with one attached hydrogen (secondary N) is 1. The fourth-order valence-corrected chi connectivity index (χ4v) is 4.37. The van der Waals surface area contributed by atoms with Crippen molar-refractivity contribution in [3.8, 4) is 11.5 Å². The smallest absolute Gasteiger partial charge is 0.250 e. The van der Waals surface area contributed by atoms with Crippen molar-refractivity contribution in [3.63, 3.8) is 0 Å². The van der Waals surface area contributed by atoms with Crippen molar-refractivity contribution in [2.24, 2.45) is 0 Å². The summed E-state index contributed by atoms with van der Waals surface area (Å²) in [4.78, 5) is 16.8. The van der Waals surface area contributed by atoms with Crippen molar-refractivity contribution in [1.29, 1.82) is 0 Å². The number of ether oxygens (including phenoxy) is 2. The fourth-order valence-electron chi connectivity index (χ4n) is 2.74. The Labute approximate surface area is 185 Å². The molecular formula is C22H24N2O5S2. The molecule has 1 amide bonds. The highest BCUT2D eigenvalue weighted by Crippen LogP contribution is 2.30. The predicted octanol–water partition coefficient (Wildman–Crippen LogP) is 4.54. The zero-order valence-corrected chi connectivity index (χ0v) is 19.2. The molecule has 3 aromatic rings. The van der Waals surface area contributed by atoms with Crippen LogP contribution in [0.5, 0.6) is 11.5 Å². The summed E-state index contributed by atoms with van der Waals surface area (Å²) in [6, 6.07) is 10.2. The Balaban J connectivity index is 1.68. The van der Waals surface area contributed by atoms with E-state index in [0.29, 0.717) is 33.5 Å². The number of carbonyl (C=O) groups excluding carboxylic acids is 1. The summed E-state index contributed by atoms with van der Waals surface area (Å²) in [5.74, 6) is 0.927. The van der Waals surface area contributed by atoms with Gasteiger partial charge in [0.25, 0.3) is 0 Å². The van der Waals surface area contributed by atoms with Crippen LogP contribution < -0.4 is 14.8 Å². The third-order valence-electron chi connectivity index (χ3n) is 4.39. The molecule has 0 saturated heterocycles. The van der Waals surface area contributed by atoms with Crippen LogP contribution in [0.4, 0.5) is 5.13 Å². The molecule has 1 heterocycles. The molecule has 1 aromatic heterocycles. The minimum atomic E-state index is -3.30. The highest BCUT2D eigenvalue weighted by molar-refractivity contribution is 7.90. The minimum absolute atomic E-state index is 0.220. The van der Waals surface area contributed by atoms with Crippen LogP contribution >= 0.6 is 11.3 Å². The lowest BCUT2D eigenvalue weighted by Gasteiger charge is -2.10. The fraction of sp³-hybridized carbons (Fsp3) is 0.273. The Bertz CT molecular complexity index is 1220. The predicted molar refractivity (Wildman–Crippen MR) is 124 cm³/mol. The maximum Gasteiger partial charge on any atom is 0.250 e. The van der Waals surface area contributed by atoms with Crippen molar-refractivity contribution in [1.82, 2.24) is 4.98 Å². The van der Waals surface area contributed by atoms with Crippen LogP contribution in [0.15, 0.2) is 47.4 Å². The lowest BCUT2D eigenvalue weighted by Crippen LogP contribution is -2.07. The Morgan fingerprint density at radius 1 is 1.19 bits per heavy atom. The number of unbranched alkanes of at least 4 members (excludes halogenated alkanes) is 1. The highest BCUT2D eigenvalue weighted by Gasteiger charge is 2.11. The minimum Gasteiger partial charge on any atom is -0.493 e. The standard InChI is InChI=1S/C22H24N2O5S2/c1-4-5-12-29-18-10-6-15(13-19(18)28-2)7-11-21(25)24-22-23-17-9-8-16(31(3,26)27)14-20(17)30-22/h6-11,13-14H,4-5,12H2,1-3H3,(H,23,24,25)/b11-7+. The number of carbonyl (C=O) groups is 1. The van der Waals surface area contributed by atoms with Crippen molar-refractivity contribution in [2.75, 3.05) is 25.3 Å². The number of rotatable bonds is 9. The maximum absolute atomic E-state index is 12.3. The molecule has 3 rings (SSSR count). The first-order valence-electron chi connectivity index (χ1n) is 9.70. The lowest BCUT2D eigenvalue weighted by molar-refractivity contribution is -0.111. The molecule has 164 valence electrons. The number of methoxy groups -OCH3 is 1. The molecule has 31 heavy (non-hydrogen) atoms. The van der Waals surface area contributed by atoms with Crippen molar-refractivity contribution in [3.05, 3.63) is 48.0 Å². The van der Waals surface area contributed by atoms with Gasteiger partial charge in [0, 0.05) is 12.3 Å². The van der Waals surface area contributed by atoms with Gasteiger partial charge in [0.2, 0.25) is 5.91 Å². The molecule has 0 aliphatic heterocycles. The zero-order chi connectivity index (χ0) is 22.4. The summed E-state index contributed by atoms with van der Waals surface area (Å²) >= 11 is 1.22. The van der Waals surface area contributed by atoms with Gasteiger partial charge in [-0.05, 0) is 48.4 Å². The third-order valence-corrected chi connectivity index (χ3v) is 6.43. The number of thiazole rings is 1. The topological polar surface area (TPSA) is 94.6 Å². The number of amides is 1. The van der Waals surface area contributed by atoms with Crippen LogP contribution in [-0.2, 0) is 14.6 Å². The van der Waals surface area contributed by atoms with Gasteiger partial charge in [0.1, 0.15) is 0 Å². The van der Waals surface area contributed by atoms with Gasteiger partial charge >= 0.3 is 0 Å². The Morgan fingerprint density at radius 3 is 2.71 bits per heavy atom. The molecule has 1 N–H and O–H groups in total. The Kier molecular flexibility index (Phi) is 7.29. The number of hydrogen-bond acceptors (Lipinski definition) is 7. The molecule has 0 fully saturated rings. The van der Waals surface area contributed by atoms with E-state index in [9.17, 15) is 13.2 Å². The number of hydrogen-bond donors (Lipinski definition) is 1. The van der Waals surface area contributed by atoms with E-state index in [1.54, 1.807) is 31.4 Å². The van der Waals surface area contributed by atoms with Crippen LogP contribution in [0.3, 0.4) is 0 Å². The molecule has 0 aliphatic rings. The van der Waals surface area contributed by atoms with E-state index in [4.69, 9.17) is 9.47 Å². The first kappa shape index (κ1) is 22.8. The first-order valence-corrected chi connectivity index (χ1v) is 12.4. The molecule has 0 radical (unpaired) electrons. The molecule has 0 saturated carbocycles. The van der Waals surface area contributed by atoms with Crippen molar-refractivity contribution < 1.29 is 22.7 Å². The van der Waals surface area contributed by atoms with Crippen LogP contribution in [0.2, 0.25) is 0 Å². The highest BCUT2D eigenvalue weighted by atomic mass is 32.2. The molecule has 9 heteroatoms. The van der Waals surface area contributed by atoms with Crippen LogP contribution in [0, 0.1) is 0 Å². The number of fused-ring (bicyclic) bond motifs is 1. The average Bonchev–Trinajstić information content (AvgIpc) is 3.13. The lowest BCUT2D eigenvalue weighted by atomic mass is 10.2. The van der Waals surface area contributed by atoms with E-state index in [2.05, 4.69) is 17.2 Å². The SMILES string of the molecule is CCCCOc1ccc(/C=C/C(=O)Nc2nc3ccc(S(C)(=O)=O)cc3s2)cc1OC. The summed E-state index contributed by atoms with van der Waals surface area (Å²) in [6.07, 6.45) is 6.24. The van der Waals surface area contributed by atoms with E-state index in [0.717, 1.165) is 24.7 Å². The zero-order valence-electron chi connectivity index (χ0n) is 17.5. The van der Waals surface area contributed by atoms with Crippen LogP contribution in [0.25, 0.3) is 16.3 Å². The van der Waals surface area contributed by atoms with Gasteiger partial charge in [-0.15, -0.1) is 0 Å². The Hall–Kier alpha value is -2.91. The van der Waals surface area contributed by atoms with Gasteiger partial charge in [-0.3, -0.25) is 10.1 Å². The van der Waals surface area contributed by atoms with Crippen molar-refractivity contribution in [2.45, 2.75) is 24.7 Å². The van der Waals surface area contributed by atoms with Gasteiger partial charge in [0.15, 0.2) is 26.5 Å². The quantitative estimate of drug-likeness (QED) is 0.372. The summed E-state index contributed by atoms with van der Waals surface area (Å²) in [5.41, 5.74) is 1.41. The molecule has 7 nitrogen and oxygen atoms in total. The van der Waals surface area contributed by atoms with Crippen LogP contribution in [-0.4, -0.2) is 39.3 Å². The second-order valence-electron chi connectivity index (χ2n) is 6.86. The number of aromatic nitrogens is 1. The van der Waals surface area contributed by atoms with E-state index in [-0.39, 0.29) is 10.8 Å². The molecule has 0 unspecified atom stereocenters. The van der Waals surface area contributed by atoms with Gasteiger partial charge in [0.05, 0.1) is 28.8 Å². The van der Waals surface area contributed by atoms with Gasteiger partial charge in [-0.1, -0.05) is 30.7 Å². The molecule has 0 bridgehead atoms. The van der Waals surface area contributed by atoms with Gasteiger partial charge < -0.3 is 9.47 Å². The number of anilines is 1. The molecule has 0 atom stereocenters. The average molecular weight is 461 g/mol. The number of nitrogens with zero attached hydrogens (tertiary/aromatic N) is 1. The van der Waals surface area contributed by atoms with E-state index in [1.165, 1.54) is 23.5 Å². The van der Waals surface area contributed by atoms with Gasteiger partial charge in [-0.2, -0.15) is 0 Å². The van der Waals surface area contributed by atoms with E-state index < -0.39 is 9.84 Å². The Morgan fingerprint density at radius 2 is 2.00 bits per heavy atom. The van der Waals surface area contributed by atoms with E-state index >= 15 is 0 Å². The monoisotopic (exact) mass is 460 g/mol. The number of benzene rings is 2. The summed E-state index contributed by atoms with van der Waals surface area (Å²) in [7, 11) is -1.73. The third kappa shape index (κ3) is 6.05. The first-order chi connectivity index (χ1) is 14.8. The van der Waals surface area contributed by atoms with Gasteiger partial charge in [-0.25, -0.2) is 13.4 Å². The largest absolute Gasteiger partial charge is 0.493 e. The summed E-state index contributed by atoms with van der Waals surface area (Å²) in [6.45, 7) is 2.72. The summed E-state index contributed by atoms with van der Waals surface area (Å²) < 4.78 is 35.2. The second kappa shape index (κ2) is 9.93. The molecule has 0 aliphatic carbocycles. The maximum atomic E-state index is 12.3. The van der Waals surface area contributed by atoms with E-state index in [1.807, 2.05) is 12.1 Å². The van der Waals surface area contributed by atoms with Crippen molar-refractivity contribution >= 4 is 48.5 Å². The normalized spacial score (nSPS) is 11.7. The number of sulfone groups is 1. The second-order valence-corrected chi connectivity index (χ2v) is 9.90. The molecule has 2 aromatic carbocycles. The summed E-state index contributed by atoms with van der Waals surface area (Å²) in [5, 5.41) is 3.11. The van der Waals surface area contributed by atoms with Crippen LogP contribution in [0.1, 0.15) is 25.3 Å².